The average Bonchev–Trinajstić information content (AvgIpc) is 2.36. The Morgan fingerprint density at radius 3 is 2.29 bits per heavy atom. The quantitative estimate of drug-likeness (QED) is 0.566. The molecule has 0 N–H and O–H groups in total. The highest BCUT2D eigenvalue weighted by molar-refractivity contribution is 7.98. The Morgan fingerprint density at radius 2 is 1.82 bits per heavy atom. The van der Waals surface area contributed by atoms with Crippen molar-refractivity contribution in [3.8, 4) is 0 Å². The molecule has 1 heterocycles. The summed E-state index contributed by atoms with van der Waals surface area (Å²) in [4.78, 5) is 34.2. The third-order valence-corrected chi connectivity index (χ3v) is 2.62. The number of hydrogen-bond donors (Lipinski definition) is 0. The lowest BCUT2D eigenvalue weighted by Crippen LogP contribution is -2.20. The molecule has 1 rings (SSSR count). The van der Waals surface area contributed by atoms with Gasteiger partial charge in [0.2, 0.25) is 5.69 Å². The molecule has 17 heavy (non-hydrogen) atoms. The van der Waals surface area contributed by atoms with Gasteiger partial charge in [0.05, 0.1) is 14.2 Å². The first-order chi connectivity index (χ1) is 8.06. The van der Waals surface area contributed by atoms with Crippen molar-refractivity contribution in [2.24, 2.45) is 0 Å². The van der Waals surface area contributed by atoms with E-state index in [4.69, 9.17) is 0 Å². The molecule has 0 aliphatic heterocycles. The summed E-state index contributed by atoms with van der Waals surface area (Å²) in [6, 6.07) is 0. The van der Waals surface area contributed by atoms with Gasteiger partial charge in [-0.3, -0.25) is 0 Å². The van der Waals surface area contributed by atoms with E-state index in [1.807, 2.05) is 0 Å². The van der Waals surface area contributed by atoms with Gasteiger partial charge in [0, 0.05) is 0 Å². The predicted molar refractivity (Wildman–Crippen MR) is 57.2 cm³/mol. The molecule has 7 nitrogen and oxygen atoms in total. The Balaban J connectivity index is 3.56. The van der Waals surface area contributed by atoms with Crippen LogP contribution in [-0.4, -0.2) is 37.6 Å². The Bertz CT molecular complexity index is 509. The third kappa shape index (κ3) is 2.47. The van der Waals surface area contributed by atoms with Gasteiger partial charge in [0.1, 0.15) is 10.5 Å². The van der Waals surface area contributed by atoms with Crippen LogP contribution in [0.2, 0.25) is 0 Å². The van der Waals surface area contributed by atoms with Crippen molar-refractivity contribution in [1.82, 2.24) is 5.16 Å². The van der Waals surface area contributed by atoms with Gasteiger partial charge in [0.15, 0.2) is 0 Å². The molecule has 0 bridgehead atoms. The van der Waals surface area contributed by atoms with E-state index in [2.05, 4.69) is 19.2 Å². The minimum absolute atomic E-state index is 0.0488. The number of carbonyl (C=O) groups is 2. The van der Waals surface area contributed by atoms with Gasteiger partial charge >= 0.3 is 17.6 Å². The smallest absolute Gasteiger partial charge is 0.372 e. The Hall–Kier alpha value is -1.83. The molecule has 0 radical (unpaired) electrons. The zero-order chi connectivity index (χ0) is 13.0. The minimum atomic E-state index is -0.885. The maximum atomic E-state index is 11.5. The van der Waals surface area contributed by atoms with E-state index in [-0.39, 0.29) is 16.2 Å². The van der Waals surface area contributed by atoms with E-state index in [1.54, 1.807) is 6.26 Å². The first-order valence-electron chi connectivity index (χ1n) is 4.31. The van der Waals surface area contributed by atoms with Crippen molar-refractivity contribution in [2.75, 3.05) is 20.5 Å². The summed E-state index contributed by atoms with van der Waals surface area (Å²) >= 11 is 0.953. The maximum absolute atomic E-state index is 11.5. The molecule has 0 fully saturated rings. The molecule has 1 aromatic rings. The van der Waals surface area contributed by atoms with Gasteiger partial charge < -0.3 is 14.0 Å². The maximum Gasteiger partial charge on any atom is 0.372 e. The molecule has 0 saturated heterocycles. The highest BCUT2D eigenvalue weighted by Gasteiger charge is 2.27. The lowest BCUT2D eigenvalue weighted by Gasteiger charge is -2.06. The van der Waals surface area contributed by atoms with Gasteiger partial charge in [-0.1, -0.05) is 5.16 Å². The molecule has 0 unspecified atom stereocenters. The molecule has 8 heteroatoms. The molecule has 0 spiro atoms. The van der Waals surface area contributed by atoms with Crippen molar-refractivity contribution in [3.05, 3.63) is 21.7 Å². The monoisotopic (exact) mass is 259 g/mol. The second-order valence-electron chi connectivity index (χ2n) is 2.71. The number of hydrogen-bond acceptors (Lipinski definition) is 8. The molecular weight excluding hydrogens is 250 g/mol. The van der Waals surface area contributed by atoms with Gasteiger partial charge in [-0.15, -0.1) is 11.8 Å². The number of carbonyl (C=O) groups excluding carboxylic acids is 2. The summed E-state index contributed by atoms with van der Waals surface area (Å²) in [5.41, 5.74) is -1.45. The fourth-order valence-corrected chi connectivity index (χ4v) is 1.68. The minimum Gasteiger partial charge on any atom is -0.465 e. The Morgan fingerprint density at radius 1 is 1.24 bits per heavy atom. The van der Waals surface area contributed by atoms with E-state index in [9.17, 15) is 14.4 Å². The largest absolute Gasteiger partial charge is 0.465 e. The van der Waals surface area contributed by atoms with Crippen LogP contribution < -0.4 is 5.63 Å². The van der Waals surface area contributed by atoms with Gasteiger partial charge in [-0.25, -0.2) is 14.4 Å². The zero-order valence-electron chi connectivity index (χ0n) is 9.30. The number of aromatic nitrogens is 1. The first-order valence-corrected chi connectivity index (χ1v) is 5.53. The van der Waals surface area contributed by atoms with Gasteiger partial charge in [0.25, 0.3) is 0 Å². The van der Waals surface area contributed by atoms with Crippen molar-refractivity contribution in [3.63, 3.8) is 0 Å². The third-order valence-electron chi connectivity index (χ3n) is 1.84. The summed E-state index contributed by atoms with van der Waals surface area (Å²) in [6.07, 6.45) is 1.56. The van der Waals surface area contributed by atoms with Crippen LogP contribution in [-0.2, 0) is 9.47 Å². The van der Waals surface area contributed by atoms with E-state index in [1.165, 1.54) is 0 Å². The topological polar surface area (TPSA) is 95.7 Å². The molecular formula is C9H9NO6S. The molecule has 0 saturated carbocycles. The SMILES string of the molecule is COC(=O)c1noc(=O)c(SC)c1C(=O)OC. The van der Waals surface area contributed by atoms with E-state index in [0.717, 1.165) is 26.0 Å². The zero-order valence-corrected chi connectivity index (χ0v) is 10.1. The van der Waals surface area contributed by atoms with Crippen molar-refractivity contribution >= 4 is 23.7 Å². The van der Waals surface area contributed by atoms with Crippen LogP contribution in [0.1, 0.15) is 20.8 Å². The summed E-state index contributed by atoms with van der Waals surface area (Å²) < 4.78 is 13.3. The Labute approximate surface area is 100 Å². The van der Waals surface area contributed by atoms with Crippen molar-refractivity contribution in [2.45, 2.75) is 4.90 Å². The van der Waals surface area contributed by atoms with Gasteiger partial charge in [-0.05, 0) is 6.26 Å². The fraction of sp³-hybridized carbons (Fsp3) is 0.333. The highest BCUT2D eigenvalue weighted by Crippen LogP contribution is 2.19. The van der Waals surface area contributed by atoms with Crippen LogP contribution in [0.25, 0.3) is 0 Å². The number of methoxy groups -OCH3 is 2. The molecule has 0 amide bonds. The highest BCUT2D eigenvalue weighted by atomic mass is 32.2. The van der Waals surface area contributed by atoms with E-state index < -0.39 is 17.6 Å². The first kappa shape index (κ1) is 13.2. The van der Waals surface area contributed by atoms with Crippen molar-refractivity contribution < 1.29 is 23.6 Å². The second kappa shape index (κ2) is 5.48. The number of ether oxygens (including phenoxy) is 2. The normalized spacial score (nSPS) is 9.82. The second-order valence-corrected chi connectivity index (χ2v) is 3.53. The molecule has 1 aromatic heterocycles. The lowest BCUT2D eigenvalue weighted by molar-refractivity contribution is 0.0533. The molecule has 0 aromatic carbocycles. The van der Waals surface area contributed by atoms with E-state index in [0.29, 0.717) is 0 Å². The van der Waals surface area contributed by atoms with Crippen LogP contribution >= 0.6 is 11.8 Å². The molecule has 0 aliphatic rings. The van der Waals surface area contributed by atoms with Crippen LogP contribution in [0.5, 0.6) is 0 Å². The number of nitrogens with zero attached hydrogens (tertiary/aromatic N) is 1. The fourth-order valence-electron chi connectivity index (χ4n) is 1.10. The number of esters is 2. The number of thioether (sulfide) groups is 1. The van der Waals surface area contributed by atoms with Gasteiger partial charge in [-0.2, -0.15) is 0 Å². The van der Waals surface area contributed by atoms with Crippen LogP contribution in [0, 0.1) is 0 Å². The lowest BCUT2D eigenvalue weighted by atomic mass is 10.2. The van der Waals surface area contributed by atoms with E-state index >= 15 is 0 Å². The Kier molecular flexibility index (Phi) is 4.27. The number of rotatable bonds is 3. The standard InChI is InChI=1S/C9H9NO6S/c1-14-7(11)4-5(8(12)15-2)10-16-9(13)6(4)17-3/h1-3H3. The summed E-state index contributed by atoms with van der Waals surface area (Å²) in [5, 5.41) is 3.25. The summed E-state index contributed by atoms with van der Waals surface area (Å²) in [5.74, 6) is -1.74. The van der Waals surface area contributed by atoms with Crippen LogP contribution in [0.3, 0.4) is 0 Å². The summed E-state index contributed by atoms with van der Waals surface area (Å²) in [6.45, 7) is 0. The van der Waals surface area contributed by atoms with Crippen molar-refractivity contribution in [1.29, 1.82) is 0 Å². The predicted octanol–water partition coefficient (Wildman–Crippen LogP) is 0.330. The average molecular weight is 259 g/mol. The van der Waals surface area contributed by atoms with Crippen LogP contribution in [0.15, 0.2) is 14.2 Å². The summed E-state index contributed by atoms with van der Waals surface area (Å²) in [7, 11) is 2.25. The molecule has 0 atom stereocenters. The molecule has 92 valence electrons. The molecule has 0 aliphatic carbocycles. The van der Waals surface area contributed by atoms with Crippen LogP contribution in [0.4, 0.5) is 0 Å².